The van der Waals surface area contributed by atoms with Crippen molar-refractivity contribution in [2.24, 2.45) is 21.8 Å². The fraction of sp³-hybridized carbons (Fsp3) is 0.614. The summed E-state index contributed by atoms with van der Waals surface area (Å²) in [5.74, 6) is 1.30. The van der Waals surface area contributed by atoms with Crippen molar-refractivity contribution in [2.45, 2.75) is 127 Å². The number of fused-ring (bicyclic) bond motifs is 2. The first kappa shape index (κ1) is 49.1. The van der Waals surface area contributed by atoms with E-state index in [1.807, 2.05) is 104 Å². The Kier molecular flexibility index (Phi) is 16.8. The molecule has 0 unspecified atom stereocenters. The Balaban J connectivity index is 0.000000234. The lowest BCUT2D eigenvalue weighted by molar-refractivity contribution is -0.150. The molecule has 4 aliphatic rings. The molecule has 2 saturated heterocycles. The van der Waals surface area contributed by atoms with E-state index < -0.39 is 34.9 Å². The third kappa shape index (κ3) is 12.6. The number of nitrogens with zero attached hydrogens (tertiary/aromatic N) is 4. The smallest absolute Gasteiger partial charge is 0.416 e. The minimum Gasteiger partial charge on any atom is -0.497 e. The molecular formula is C44H62N4O12S2. The summed E-state index contributed by atoms with van der Waals surface area (Å²) in [5.41, 5.74) is 0.0383. The molecular weight excluding hydrogens is 841 g/mol. The molecule has 2 fully saturated rings. The summed E-state index contributed by atoms with van der Waals surface area (Å²) in [6.07, 6.45) is -1.73. The van der Waals surface area contributed by atoms with Crippen LogP contribution in [0.4, 0.5) is 9.59 Å². The van der Waals surface area contributed by atoms with Crippen LogP contribution in [-0.4, -0.2) is 137 Å². The average Bonchev–Trinajstić information content (AvgIpc) is 3.86. The van der Waals surface area contributed by atoms with E-state index in [1.54, 1.807) is 28.3 Å². The standard InChI is InChI=1S/C22H32N2O6S.C22H30N2O6S/c2*1-13-16(11-25)29-19-17(18(13)28-12-14-7-9-15(27-6)10-8-14)23-20(31-19)24(5)21(26)30-22(2,3)4/h7-10,13,16-19,25H,11-12H2,1-6H3;7-11,13,16-19H,12H2,1-6H3/t2*13-,16-,17-,18+,19-/m11/s1. The molecule has 1 N–H and O–H groups in total. The fourth-order valence-corrected chi connectivity index (χ4v) is 9.23. The summed E-state index contributed by atoms with van der Waals surface area (Å²) in [6.45, 7) is 15.5. The molecule has 2 aromatic carbocycles. The number of carbonyl (C=O) groups is 3. The summed E-state index contributed by atoms with van der Waals surface area (Å²) in [7, 11) is 6.51. The average molecular weight is 903 g/mol. The summed E-state index contributed by atoms with van der Waals surface area (Å²) < 4.78 is 45.8. The number of benzene rings is 2. The van der Waals surface area contributed by atoms with E-state index in [4.69, 9.17) is 47.9 Å². The van der Waals surface area contributed by atoms with Gasteiger partial charge in [0.2, 0.25) is 0 Å². The molecule has 2 amide bonds. The van der Waals surface area contributed by atoms with Gasteiger partial charge in [0.05, 0.1) is 52.4 Å². The number of amidine groups is 2. The molecule has 4 aliphatic heterocycles. The molecule has 0 aliphatic carbocycles. The van der Waals surface area contributed by atoms with Gasteiger partial charge in [0, 0.05) is 25.9 Å². The zero-order valence-electron chi connectivity index (χ0n) is 37.6. The summed E-state index contributed by atoms with van der Waals surface area (Å²) >= 11 is 2.66. The molecule has 0 bridgehead atoms. The van der Waals surface area contributed by atoms with Crippen LogP contribution >= 0.6 is 23.5 Å². The number of aliphatic imine (C=N–C) groups is 2. The quantitative estimate of drug-likeness (QED) is 0.248. The van der Waals surface area contributed by atoms with Crippen molar-refractivity contribution in [3.05, 3.63) is 59.7 Å². The lowest BCUT2D eigenvalue weighted by Crippen LogP contribution is -2.52. The van der Waals surface area contributed by atoms with Crippen LogP contribution < -0.4 is 9.47 Å². The van der Waals surface area contributed by atoms with Crippen LogP contribution in [0.15, 0.2) is 58.5 Å². The van der Waals surface area contributed by atoms with Gasteiger partial charge in [-0.3, -0.25) is 19.8 Å². The Morgan fingerprint density at radius 2 is 1.11 bits per heavy atom. The predicted octanol–water partition coefficient (Wildman–Crippen LogP) is 6.75. The zero-order valence-corrected chi connectivity index (χ0v) is 39.3. The van der Waals surface area contributed by atoms with E-state index in [9.17, 15) is 19.5 Å². The van der Waals surface area contributed by atoms with Gasteiger partial charge in [-0.2, -0.15) is 0 Å². The molecule has 0 aromatic heterocycles. The van der Waals surface area contributed by atoms with E-state index in [1.165, 1.54) is 33.3 Å². The number of methoxy groups -OCH3 is 2. The van der Waals surface area contributed by atoms with Crippen LogP contribution in [0.5, 0.6) is 11.5 Å². The molecule has 4 heterocycles. The fourth-order valence-electron chi connectivity index (χ4n) is 6.90. The Morgan fingerprint density at radius 3 is 1.48 bits per heavy atom. The first-order valence-electron chi connectivity index (χ1n) is 20.5. The molecule has 2 aromatic rings. The number of thioether (sulfide) groups is 2. The molecule has 342 valence electrons. The second-order valence-corrected chi connectivity index (χ2v) is 19.5. The highest BCUT2D eigenvalue weighted by Gasteiger charge is 2.51. The number of aliphatic hydroxyl groups is 1. The number of rotatable bonds is 10. The van der Waals surface area contributed by atoms with Gasteiger partial charge in [0.25, 0.3) is 0 Å². The Labute approximate surface area is 373 Å². The van der Waals surface area contributed by atoms with Crippen molar-refractivity contribution in [3.8, 4) is 11.5 Å². The van der Waals surface area contributed by atoms with Crippen molar-refractivity contribution in [3.63, 3.8) is 0 Å². The normalized spacial score (nSPS) is 27.9. The van der Waals surface area contributed by atoms with Gasteiger partial charge >= 0.3 is 12.2 Å². The maximum atomic E-state index is 12.5. The second-order valence-electron chi connectivity index (χ2n) is 17.4. The van der Waals surface area contributed by atoms with E-state index in [0.717, 1.165) is 28.9 Å². The zero-order chi connectivity index (χ0) is 45.5. The van der Waals surface area contributed by atoms with Crippen molar-refractivity contribution in [2.75, 3.05) is 34.9 Å². The molecule has 62 heavy (non-hydrogen) atoms. The number of aliphatic hydroxyl groups excluding tert-OH is 1. The molecule has 10 atom stereocenters. The van der Waals surface area contributed by atoms with Crippen LogP contribution in [-0.2, 0) is 46.4 Å². The van der Waals surface area contributed by atoms with E-state index >= 15 is 0 Å². The third-order valence-corrected chi connectivity index (χ3v) is 12.8. The predicted molar refractivity (Wildman–Crippen MR) is 238 cm³/mol. The summed E-state index contributed by atoms with van der Waals surface area (Å²) in [6, 6.07) is 14.7. The maximum absolute atomic E-state index is 12.5. The van der Waals surface area contributed by atoms with Crippen molar-refractivity contribution >= 4 is 52.3 Å². The number of ether oxygens (including phenoxy) is 8. The Bertz CT molecular complexity index is 1890. The van der Waals surface area contributed by atoms with Gasteiger partial charge in [-0.1, -0.05) is 61.6 Å². The number of hydrogen-bond acceptors (Lipinski definition) is 16. The number of hydrogen-bond donors (Lipinski definition) is 1. The topological polar surface area (TPSA) is 176 Å². The van der Waals surface area contributed by atoms with Gasteiger partial charge in [0.15, 0.2) is 10.3 Å². The van der Waals surface area contributed by atoms with Crippen molar-refractivity contribution in [1.82, 2.24) is 9.80 Å². The lowest BCUT2D eigenvalue weighted by Gasteiger charge is -2.41. The monoisotopic (exact) mass is 902 g/mol. The SMILES string of the molecule is COc1ccc(CO[C@H]2[C@H](C)[C@@H](C=O)O[C@@H]3SC(N(C)C(=O)OC(C)(C)C)=N[C@H]23)cc1.COc1ccc(CO[C@H]2[C@H](C)[C@@H](CO)O[C@@H]3SC(N(C)C(=O)OC(C)(C)C)=N[C@H]23)cc1. The van der Waals surface area contributed by atoms with Crippen LogP contribution in [0.25, 0.3) is 0 Å². The summed E-state index contributed by atoms with van der Waals surface area (Å²) in [5, 5.41) is 10.8. The van der Waals surface area contributed by atoms with E-state index in [2.05, 4.69) is 0 Å². The molecule has 18 heteroatoms. The molecule has 0 saturated carbocycles. The van der Waals surface area contributed by atoms with Crippen LogP contribution in [0.2, 0.25) is 0 Å². The number of carbonyl (C=O) groups excluding carboxylic acids is 3. The maximum Gasteiger partial charge on any atom is 0.416 e. The third-order valence-electron chi connectivity index (χ3n) is 10.4. The second kappa shape index (κ2) is 21.2. The van der Waals surface area contributed by atoms with E-state index in [0.29, 0.717) is 23.5 Å². The van der Waals surface area contributed by atoms with E-state index in [-0.39, 0.29) is 54.3 Å². The first-order chi connectivity index (χ1) is 29.2. The van der Waals surface area contributed by atoms with Crippen LogP contribution in [0, 0.1) is 11.8 Å². The molecule has 0 radical (unpaired) electrons. The van der Waals surface area contributed by atoms with Gasteiger partial charge in [-0.05, 0) is 76.9 Å². The Morgan fingerprint density at radius 1 is 0.710 bits per heavy atom. The largest absolute Gasteiger partial charge is 0.497 e. The highest BCUT2D eigenvalue weighted by molar-refractivity contribution is 8.14. The molecule has 6 rings (SSSR count). The van der Waals surface area contributed by atoms with Crippen LogP contribution in [0.3, 0.4) is 0 Å². The van der Waals surface area contributed by atoms with Crippen molar-refractivity contribution < 1.29 is 57.4 Å². The Hall–Kier alpha value is -3.91. The first-order valence-corrected chi connectivity index (χ1v) is 22.3. The number of aldehydes is 1. The minimum atomic E-state index is -0.612. The van der Waals surface area contributed by atoms with Gasteiger partial charge in [-0.25, -0.2) is 9.59 Å². The lowest BCUT2D eigenvalue weighted by atomic mass is 9.90. The highest BCUT2D eigenvalue weighted by Crippen LogP contribution is 2.42. The molecule has 16 nitrogen and oxygen atoms in total. The molecule has 0 spiro atoms. The van der Waals surface area contributed by atoms with Gasteiger partial charge < -0.3 is 47.8 Å². The number of amides is 2. The van der Waals surface area contributed by atoms with Gasteiger partial charge in [-0.15, -0.1) is 0 Å². The minimum absolute atomic E-state index is 0.0694. The summed E-state index contributed by atoms with van der Waals surface area (Å²) in [4.78, 5) is 48.8. The van der Waals surface area contributed by atoms with Crippen LogP contribution in [0.1, 0.15) is 66.5 Å². The van der Waals surface area contributed by atoms with Gasteiger partial charge in [0.1, 0.15) is 58.0 Å². The van der Waals surface area contributed by atoms with Crippen molar-refractivity contribution in [1.29, 1.82) is 0 Å². The highest BCUT2D eigenvalue weighted by atomic mass is 32.2.